The Morgan fingerprint density at radius 1 is 1.40 bits per heavy atom. The summed E-state index contributed by atoms with van der Waals surface area (Å²) in [5.74, 6) is -1.09. The lowest BCUT2D eigenvalue weighted by molar-refractivity contribution is -0.169. The summed E-state index contributed by atoms with van der Waals surface area (Å²) in [6.45, 7) is 0.717. The van der Waals surface area contributed by atoms with E-state index in [1.54, 1.807) is 3.11 Å². The minimum Gasteiger partial charge on any atom is -0.247 e. The third kappa shape index (κ3) is 1.98. The van der Waals surface area contributed by atoms with E-state index in [9.17, 15) is 13.2 Å². The zero-order chi connectivity index (χ0) is 7.78. The van der Waals surface area contributed by atoms with Crippen molar-refractivity contribution >= 4 is 22.9 Å². The van der Waals surface area contributed by atoms with Crippen molar-refractivity contribution in [2.24, 2.45) is 5.92 Å². The van der Waals surface area contributed by atoms with Gasteiger partial charge in [0.2, 0.25) is 0 Å². The number of hydrogen-bond donors (Lipinski definition) is 0. The van der Waals surface area contributed by atoms with Gasteiger partial charge in [0.25, 0.3) is 0 Å². The molecule has 1 nitrogen and oxygen atoms in total. The molecule has 0 N–H and O–H groups in total. The SMILES string of the molecule is FC(F)(F)C1CCN(I)C1. The van der Waals surface area contributed by atoms with Crippen molar-refractivity contribution in [1.29, 1.82) is 0 Å². The largest absolute Gasteiger partial charge is 0.393 e. The first-order valence-corrected chi connectivity index (χ1v) is 3.94. The Morgan fingerprint density at radius 3 is 2.20 bits per heavy atom. The molecule has 60 valence electrons. The molecular formula is C5H7F3IN. The van der Waals surface area contributed by atoms with Crippen molar-refractivity contribution < 1.29 is 13.2 Å². The van der Waals surface area contributed by atoms with Crippen LogP contribution in [0.5, 0.6) is 0 Å². The van der Waals surface area contributed by atoms with Crippen molar-refractivity contribution in [2.75, 3.05) is 13.1 Å². The normalized spacial score (nSPS) is 29.4. The fourth-order valence-electron chi connectivity index (χ4n) is 0.985. The van der Waals surface area contributed by atoms with Crippen LogP contribution in [0.1, 0.15) is 6.42 Å². The Morgan fingerprint density at radius 2 is 2.00 bits per heavy atom. The van der Waals surface area contributed by atoms with E-state index in [0.717, 1.165) is 0 Å². The summed E-state index contributed by atoms with van der Waals surface area (Å²) in [4.78, 5) is 0. The molecule has 0 radical (unpaired) electrons. The van der Waals surface area contributed by atoms with Gasteiger partial charge in [-0.1, -0.05) is 0 Å². The summed E-state index contributed by atoms with van der Waals surface area (Å²) < 4.78 is 37.4. The van der Waals surface area contributed by atoms with Gasteiger partial charge in [-0.05, 0) is 6.42 Å². The predicted molar refractivity (Wildman–Crippen MR) is 39.8 cm³/mol. The van der Waals surface area contributed by atoms with Crippen molar-refractivity contribution in [3.8, 4) is 0 Å². The molecule has 1 saturated heterocycles. The van der Waals surface area contributed by atoms with Crippen molar-refractivity contribution in [3.05, 3.63) is 0 Å². The fraction of sp³-hybridized carbons (Fsp3) is 1.00. The molecule has 1 aliphatic heterocycles. The molecule has 1 atom stereocenters. The molecule has 0 saturated carbocycles. The maximum Gasteiger partial charge on any atom is 0.393 e. The van der Waals surface area contributed by atoms with Crippen LogP contribution >= 0.6 is 22.9 Å². The number of nitrogens with zero attached hydrogens (tertiary/aromatic N) is 1. The number of hydrogen-bond acceptors (Lipinski definition) is 1. The fourth-order valence-corrected chi connectivity index (χ4v) is 1.74. The molecule has 0 spiro atoms. The van der Waals surface area contributed by atoms with Gasteiger partial charge in [-0.2, -0.15) is 13.2 Å². The van der Waals surface area contributed by atoms with E-state index in [4.69, 9.17) is 0 Å². The van der Waals surface area contributed by atoms with E-state index >= 15 is 0 Å². The molecule has 10 heavy (non-hydrogen) atoms. The summed E-state index contributed by atoms with van der Waals surface area (Å²) in [7, 11) is 0. The molecule has 1 heterocycles. The van der Waals surface area contributed by atoms with Crippen LogP contribution in [0.2, 0.25) is 0 Å². The van der Waals surface area contributed by atoms with Crippen molar-refractivity contribution in [1.82, 2.24) is 3.11 Å². The summed E-state index contributed by atoms with van der Waals surface area (Å²) in [5, 5.41) is 0. The maximum absolute atomic E-state index is 11.9. The van der Waals surface area contributed by atoms with Crippen LogP contribution in [-0.2, 0) is 0 Å². The van der Waals surface area contributed by atoms with Gasteiger partial charge >= 0.3 is 6.18 Å². The van der Waals surface area contributed by atoms with Crippen LogP contribution in [-0.4, -0.2) is 22.4 Å². The van der Waals surface area contributed by atoms with Gasteiger partial charge < -0.3 is 0 Å². The predicted octanol–water partition coefficient (Wildman–Crippen LogP) is 2.22. The van der Waals surface area contributed by atoms with Crippen molar-refractivity contribution in [3.63, 3.8) is 0 Å². The highest BCUT2D eigenvalue weighted by Crippen LogP contribution is 2.34. The Labute approximate surface area is 71.1 Å². The van der Waals surface area contributed by atoms with Gasteiger partial charge in [-0.25, -0.2) is 3.11 Å². The zero-order valence-electron chi connectivity index (χ0n) is 5.16. The van der Waals surface area contributed by atoms with Crippen LogP contribution in [0.15, 0.2) is 0 Å². The van der Waals surface area contributed by atoms with Gasteiger partial charge in [0.15, 0.2) is 0 Å². The smallest absolute Gasteiger partial charge is 0.247 e. The zero-order valence-corrected chi connectivity index (χ0v) is 7.32. The Balaban J connectivity index is 2.45. The maximum atomic E-state index is 11.9. The molecule has 0 aliphatic carbocycles. The van der Waals surface area contributed by atoms with E-state index < -0.39 is 12.1 Å². The second kappa shape index (κ2) is 2.84. The average molecular weight is 265 g/mol. The first-order chi connectivity index (χ1) is 4.50. The van der Waals surface area contributed by atoms with Gasteiger partial charge in [-0.15, -0.1) is 0 Å². The first-order valence-electron chi connectivity index (χ1n) is 2.97. The second-order valence-corrected chi connectivity index (χ2v) is 3.76. The molecule has 0 aromatic heterocycles. The van der Waals surface area contributed by atoms with Crippen molar-refractivity contribution in [2.45, 2.75) is 12.6 Å². The lowest BCUT2D eigenvalue weighted by Gasteiger charge is -2.12. The highest BCUT2D eigenvalue weighted by Gasteiger charge is 2.42. The summed E-state index contributed by atoms with van der Waals surface area (Å²) in [5.41, 5.74) is 0. The van der Waals surface area contributed by atoms with Crippen LogP contribution in [0.25, 0.3) is 0 Å². The summed E-state index contributed by atoms with van der Waals surface area (Å²) in [6.07, 6.45) is -3.73. The van der Waals surface area contributed by atoms with Gasteiger partial charge in [-0.3, -0.25) is 0 Å². The molecule has 1 fully saturated rings. The van der Waals surface area contributed by atoms with E-state index in [-0.39, 0.29) is 13.0 Å². The lowest BCUT2D eigenvalue weighted by atomic mass is 10.1. The first kappa shape index (κ1) is 8.58. The summed E-state index contributed by atoms with van der Waals surface area (Å²) >= 11 is 1.92. The molecule has 0 amide bonds. The third-order valence-electron chi connectivity index (χ3n) is 1.60. The lowest BCUT2D eigenvalue weighted by Crippen LogP contribution is -2.24. The second-order valence-electron chi connectivity index (χ2n) is 2.40. The molecule has 1 aliphatic rings. The summed E-state index contributed by atoms with van der Waals surface area (Å²) in [6, 6.07) is 0. The van der Waals surface area contributed by atoms with E-state index in [1.807, 2.05) is 22.9 Å². The number of alkyl halides is 3. The Hall–Kier alpha value is 0.480. The van der Waals surface area contributed by atoms with Crippen LogP contribution < -0.4 is 0 Å². The monoisotopic (exact) mass is 265 g/mol. The molecule has 5 heteroatoms. The third-order valence-corrected chi connectivity index (χ3v) is 2.48. The van der Waals surface area contributed by atoms with Crippen LogP contribution in [0.4, 0.5) is 13.2 Å². The minimum absolute atomic E-state index is 0.157. The number of rotatable bonds is 0. The average Bonchev–Trinajstić information content (AvgIpc) is 2.11. The van der Waals surface area contributed by atoms with Gasteiger partial charge in [0.1, 0.15) is 0 Å². The Bertz CT molecular complexity index is 125. The molecule has 0 bridgehead atoms. The van der Waals surface area contributed by atoms with E-state index in [2.05, 4.69) is 0 Å². The molecule has 0 aromatic carbocycles. The Kier molecular flexibility index (Phi) is 2.44. The van der Waals surface area contributed by atoms with E-state index in [0.29, 0.717) is 6.54 Å². The van der Waals surface area contributed by atoms with E-state index in [1.165, 1.54) is 0 Å². The quantitative estimate of drug-likeness (QED) is 0.479. The standard InChI is InChI=1S/C5H7F3IN/c6-5(7,8)4-1-2-10(9)3-4/h4H,1-3H2. The molecule has 0 aromatic rings. The highest BCUT2D eigenvalue weighted by molar-refractivity contribution is 14.1. The number of halogens is 4. The molecular weight excluding hydrogens is 258 g/mol. The van der Waals surface area contributed by atoms with Crippen LogP contribution in [0, 0.1) is 5.92 Å². The topological polar surface area (TPSA) is 3.24 Å². The van der Waals surface area contributed by atoms with Crippen LogP contribution in [0.3, 0.4) is 0 Å². The molecule has 1 unspecified atom stereocenters. The van der Waals surface area contributed by atoms with Gasteiger partial charge in [0.05, 0.1) is 5.92 Å². The molecule has 1 rings (SSSR count). The van der Waals surface area contributed by atoms with Gasteiger partial charge in [0, 0.05) is 36.0 Å². The highest BCUT2D eigenvalue weighted by atomic mass is 127. The minimum atomic E-state index is -3.99.